The molecule has 0 atom stereocenters. The van der Waals surface area contributed by atoms with Crippen LogP contribution in [0, 0.1) is 0 Å². The van der Waals surface area contributed by atoms with Crippen molar-refractivity contribution in [2.45, 2.75) is 0 Å². The minimum absolute atomic E-state index is 0.754. The quantitative estimate of drug-likeness (QED) is 0.566. The van der Waals surface area contributed by atoms with E-state index in [4.69, 9.17) is 0 Å². The number of pyridine rings is 1. The Morgan fingerprint density at radius 1 is 1.17 bits per heavy atom. The molecule has 3 heterocycles. The molecule has 0 radical (unpaired) electrons. The normalized spacial score (nSPS) is 11.3. The molecule has 0 fully saturated rings. The lowest BCUT2D eigenvalue weighted by Crippen LogP contribution is -1.86. The van der Waals surface area contributed by atoms with Crippen molar-refractivity contribution in [1.82, 2.24) is 20.2 Å². The van der Waals surface area contributed by atoms with Crippen molar-refractivity contribution < 1.29 is 0 Å². The molecule has 0 aliphatic carbocycles. The highest BCUT2D eigenvalue weighted by Crippen LogP contribution is 2.32. The molecule has 0 bridgehead atoms. The van der Waals surface area contributed by atoms with Crippen LogP contribution in [0.1, 0.15) is 0 Å². The maximum absolute atomic E-state index is 4.56. The molecular formula is C13H8N4S. The molecule has 4 aromatic rings. The molecule has 1 aromatic carbocycles. The van der Waals surface area contributed by atoms with Gasteiger partial charge in [0, 0.05) is 27.2 Å². The number of hydrogen-bond acceptors (Lipinski definition) is 4. The molecular weight excluding hydrogens is 244 g/mol. The van der Waals surface area contributed by atoms with Crippen molar-refractivity contribution in [2.75, 3.05) is 0 Å². The number of H-pyrrole nitrogens is 1. The lowest BCUT2D eigenvalue weighted by molar-refractivity contribution is 1.10. The highest BCUT2D eigenvalue weighted by Gasteiger charge is 2.10. The van der Waals surface area contributed by atoms with Crippen LogP contribution in [0.4, 0.5) is 0 Å². The number of rotatable bonds is 1. The molecule has 4 nitrogen and oxygen atoms in total. The van der Waals surface area contributed by atoms with Gasteiger partial charge in [-0.25, -0.2) is 0 Å². The highest BCUT2D eigenvalue weighted by molar-refractivity contribution is 7.18. The van der Waals surface area contributed by atoms with Gasteiger partial charge in [-0.1, -0.05) is 12.1 Å². The number of aromatic nitrogens is 4. The zero-order valence-electron chi connectivity index (χ0n) is 9.29. The number of nitrogens with one attached hydrogen (secondary N) is 1. The van der Waals surface area contributed by atoms with E-state index in [0.29, 0.717) is 0 Å². The third-order valence-electron chi connectivity index (χ3n) is 2.98. The fraction of sp³-hybridized carbons (Fsp3) is 0. The molecule has 3 aromatic heterocycles. The standard InChI is InChI=1S/C13H8N4S/c1-2-9-11(10(3-1)13-15-7-16-17-13)14-6-8-4-5-18-12(8)9/h1-7H,(H,15,16,17). The molecule has 1 N–H and O–H groups in total. The lowest BCUT2D eigenvalue weighted by Gasteiger charge is -2.03. The van der Waals surface area contributed by atoms with Gasteiger partial charge >= 0.3 is 0 Å². The van der Waals surface area contributed by atoms with Crippen molar-refractivity contribution >= 4 is 32.3 Å². The van der Waals surface area contributed by atoms with Gasteiger partial charge in [0.15, 0.2) is 5.82 Å². The van der Waals surface area contributed by atoms with E-state index < -0.39 is 0 Å². The van der Waals surface area contributed by atoms with Gasteiger partial charge in [-0.2, -0.15) is 0 Å². The van der Waals surface area contributed by atoms with Gasteiger partial charge in [-0.15, -0.1) is 21.5 Å². The zero-order valence-corrected chi connectivity index (χ0v) is 10.1. The first-order valence-corrected chi connectivity index (χ1v) is 6.43. The molecule has 18 heavy (non-hydrogen) atoms. The van der Waals surface area contributed by atoms with Gasteiger partial charge in [0.05, 0.1) is 5.52 Å². The predicted octanol–water partition coefficient (Wildman–Crippen LogP) is 3.23. The highest BCUT2D eigenvalue weighted by atomic mass is 32.1. The minimum Gasteiger partial charge on any atom is -0.327 e. The lowest BCUT2D eigenvalue weighted by atomic mass is 10.1. The van der Waals surface area contributed by atoms with E-state index in [1.54, 1.807) is 17.7 Å². The maximum atomic E-state index is 4.56. The van der Waals surface area contributed by atoms with Crippen LogP contribution in [0.5, 0.6) is 0 Å². The largest absolute Gasteiger partial charge is 0.327 e. The smallest absolute Gasteiger partial charge is 0.163 e. The second-order valence-electron chi connectivity index (χ2n) is 4.00. The SMILES string of the molecule is c1cc(-c2nnc[nH]2)c2ncc3ccsc3c2c1. The zero-order chi connectivity index (χ0) is 11.9. The number of hydrogen-bond donors (Lipinski definition) is 1. The van der Waals surface area contributed by atoms with Crippen molar-refractivity contribution in [3.63, 3.8) is 0 Å². The number of nitrogens with zero attached hydrogens (tertiary/aromatic N) is 3. The summed E-state index contributed by atoms with van der Waals surface area (Å²) in [5.74, 6) is 0.754. The van der Waals surface area contributed by atoms with Crippen LogP contribution in [-0.4, -0.2) is 20.2 Å². The van der Waals surface area contributed by atoms with Gasteiger partial charge in [0.1, 0.15) is 6.33 Å². The first-order chi connectivity index (χ1) is 8.93. The predicted molar refractivity (Wildman–Crippen MR) is 72.5 cm³/mol. The van der Waals surface area contributed by atoms with E-state index in [9.17, 15) is 0 Å². The Morgan fingerprint density at radius 3 is 3.06 bits per heavy atom. The van der Waals surface area contributed by atoms with Crippen LogP contribution >= 0.6 is 11.3 Å². The van der Waals surface area contributed by atoms with E-state index in [1.165, 1.54) is 10.1 Å². The van der Waals surface area contributed by atoms with Gasteiger partial charge < -0.3 is 4.98 Å². The molecule has 0 amide bonds. The fourth-order valence-electron chi connectivity index (χ4n) is 2.17. The summed E-state index contributed by atoms with van der Waals surface area (Å²) in [5, 5.41) is 12.3. The Bertz CT molecular complexity index is 833. The van der Waals surface area contributed by atoms with Crippen molar-refractivity contribution in [3.8, 4) is 11.4 Å². The van der Waals surface area contributed by atoms with Crippen molar-refractivity contribution in [3.05, 3.63) is 42.2 Å². The minimum atomic E-state index is 0.754. The maximum Gasteiger partial charge on any atom is 0.163 e. The summed E-state index contributed by atoms with van der Waals surface area (Å²) < 4.78 is 1.27. The Morgan fingerprint density at radius 2 is 2.17 bits per heavy atom. The Balaban J connectivity index is 2.16. The molecule has 0 unspecified atom stereocenters. The van der Waals surface area contributed by atoms with E-state index in [-0.39, 0.29) is 0 Å². The molecule has 86 valence electrons. The van der Waals surface area contributed by atoms with Gasteiger partial charge in [-0.3, -0.25) is 4.98 Å². The van der Waals surface area contributed by atoms with Crippen LogP contribution in [0.3, 0.4) is 0 Å². The second kappa shape index (κ2) is 3.61. The summed E-state index contributed by atoms with van der Waals surface area (Å²) in [4.78, 5) is 7.59. The summed E-state index contributed by atoms with van der Waals surface area (Å²) >= 11 is 1.74. The van der Waals surface area contributed by atoms with Gasteiger partial charge in [-0.05, 0) is 17.5 Å². The summed E-state index contributed by atoms with van der Waals surface area (Å²) in [6.45, 7) is 0. The average Bonchev–Trinajstić information content (AvgIpc) is 3.09. The van der Waals surface area contributed by atoms with Gasteiger partial charge in [0.25, 0.3) is 0 Å². The Hall–Kier alpha value is -2.27. The van der Waals surface area contributed by atoms with E-state index in [0.717, 1.165) is 22.3 Å². The summed E-state index contributed by atoms with van der Waals surface area (Å²) in [6, 6.07) is 8.23. The van der Waals surface area contributed by atoms with Gasteiger partial charge in [0.2, 0.25) is 0 Å². The molecule has 0 saturated heterocycles. The van der Waals surface area contributed by atoms with Crippen LogP contribution in [-0.2, 0) is 0 Å². The molecule has 4 rings (SSSR count). The molecule has 0 aliphatic heterocycles. The Kier molecular flexibility index (Phi) is 1.95. The van der Waals surface area contributed by atoms with E-state index in [2.05, 4.69) is 37.7 Å². The molecule has 0 spiro atoms. The number of benzene rings is 1. The molecule has 0 saturated carbocycles. The van der Waals surface area contributed by atoms with Crippen LogP contribution in [0.2, 0.25) is 0 Å². The number of aromatic amines is 1. The van der Waals surface area contributed by atoms with Crippen LogP contribution < -0.4 is 0 Å². The monoisotopic (exact) mass is 252 g/mol. The van der Waals surface area contributed by atoms with Crippen molar-refractivity contribution in [1.29, 1.82) is 0 Å². The summed E-state index contributed by atoms with van der Waals surface area (Å²) in [7, 11) is 0. The van der Waals surface area contributed by atoms with E-state index >= 15 is 0 Å². The first kappa shape index (κ1) is 9.73. The Labute approximate surface area is 106 Å². The summed E-state index contributed by atoms with van der Waals surface area (Å²) in [6.07, 6.45) is 3.49. The number of thiophene rings is 1. The number of fused-ring (bicyclic) bond motifs is 3. The summed E-state index contributed by atoms with van der Waals surface area (Å²) in [5.41, 5.74) is 1.95. The van der Waals surface area contributed by atoms with Crippen LogP contribution in [0.25, 0.3) is 32.4 Å². The number of para-hydroxylation sites is 1. The second-order valence-corrected chi connectivity index (χ2v) is 4.92. The third-order valence-corrected chi connectivity index (χ3v) is 3.94. The van der Waals surface area contributed by atoms with Crippen LogP contribution in [0.15, 0.2) is 42.2 Å². The average molecular weight is 252 g/mol. The van der Waals surface area contributed by atoms with E-state index in [1.807, 2.05) is 18.3 Å². The first-order valence-electron chi connectivity index (χ1n) is 5.55. The third kappa shape index (κ3) is 1.28. The molecule has 5 heteroatoms. The topological polar surface area (TPSA) is 54.5 Å². The molecule has 0 aliphatic rings. The fourth-order valence-corrected chi connectivity index (χ4v) is 3.07. The van der Waals surface area contributed by atoms with Crippen molar-refractivity contribution in [2.24, 2.45) is 0 Å².